The number of aliphatic hydroxyl groups is 1. The normalized spacial score (nSPS) is 14.4. The zero-order chi connectivity index (χ0) is 24.8. The molecule has 0 heterocycles. The molecule has 0 aliphatic carbocycles. The van der Waals surface area contributed by atoms with Crippen molar-refractivity contribution >= 4 is 35.8 Å². The van der Waals surface area contributed by atoms with Crippen LogP contribution in [0.4, 0.5) is 0 Å². The Morgan fingerprint density at radius 3 is 2.24 bits per heavy atom. The van der Waals surface area contributed by atoms with Crippen LogP contribution in [0.3, 0.4) is 0 Å². The van der Waals surface area contributed by atoms with E-state index >= 15 is 0 Å². The van der Waals surface area contributed by atoms with Gasteiger partial charge in [0, 0.05) is 11.1 Å². The van der Waals surface area contributed by atoms with Crippen molar-refractivity contribution in [3.63, 3.8) is 0 Å². The quantitative estimate of drug-likeness (QED) is 0.282. The summed E-state index contributed by atoms with van der Waals surface area (Å²) in [6, 6.07) is 14.0. The second-order valence-corrected chi connectivity index (χ2v) is 16.8. The summed E-state index contributed by atoms with van der Waals surface area (Å²) in [7, 11) is -1.80. The zero-order valence-corrected chi connectivity index (χ0v) is 24.5. The van der Waals surface area contributed by atoms with Gasteiger partial charge in [0.25, 0.3) is 0 Å². The minimum Gasteiger partial charge on any atom is -0.489 e. The largest absolute Gasteiger partial charge is 0.489 e. The summed E-state index contributed by atoms with van der Waals surface area (Å²) >= 11 is 9.93. The molecular weight excluding hydrogens is 516 g/mol. The van der Waals surface area contributed by atoms with Crippen molar-refractivity contribution in [3.05, 3.63) is 63.1 Å². The minimum atomic E-state index is -1.80. The summed E-state index contributed by atoms with van der Waals surface area (Å²) in [6.07, 6.45) is 1.91. The predicted molar refractivity (Wildman–Crippen MR) is 146 cm³/mol. The van der Waals surface area contributed by atoms with Gasteiger partial charge in [-0.1, -0.05) is 66.5 Å². The van der Waals surface area contributed by atoms with Crippen LogP contribution in [-0.2, 0) is 10.8 Å². The van der Waals surface area contributed by atoms with E-state index in [0.29, 0.717) is 23.8 Å². The lowest BCUT2D eigenvalue weighted by Crippen LogP contribution is -2.41. The number of ether oxygens (including phenoxy) is 1. The van der Waals surface area contributed by atoms with Crippen molar-refractivity contribution in [2.75, 3.05) is 6.61 Å². The van der Waals surface area contributed by atoms with E-state index in [0.717, 1.165) is 22.9 Å². The molecular formula is C27H40BrClO3Si. The fraction of sp³-hybridized carbons (Fsp3) is 0.556. The molecule has 2 aromatic rings. The molecule has 1 N–H and O–H groups in total. The number of rotatable bonds is 11. The monoisotopic (exact) mass is 554 g/mol. The van der Waals surface area contributed by atoms with Gasteiger partial charge < -0.3 is 14.3 Å². The van der Waals surface area contributed by atoms with Crippen molar-refractivity contribution in [1.82, 2.24) is 0 Å². The van der Waals surface area contributed by atoms with Gasteiger partial charge in [-0.25, -0.2) is 0 Å². The molecule has 0 radical (unpaired) electrons. The summed E-state index contributed by atoms with van der Waals surface area (Å²) in [5.41, 5.74) is 2.09. The molecule has 0 saturated carbocycles. The van der Waals surface area contributed by atoms with Crippen LogP contribution in [-0.4, -0.2) is 26.1 Å². The summed E-state index contributed by atoms with van der Waals surface area (Å²) in [5, 5.41) is 11.8. The van der Waals surface area contributed by atoms with Crippen LogP contribution in [0, 0.1) is 5.92 Å². The van der Waals surface area contributed by atoms with Crippen LogP contribution in [0.25, 0.3) is 0 Å². The van der Waals surface area contributed by atoms with Gasteiger partial charge in [-0.15, -0.1) is 0 Å². The van der Waals surface area contributed by atoms with E-state index < -0.39 is 14.4 Å². The van der Waals surface area contributed by atoms with Gasteiger partial charge in [-0.2, -0.15) is 0 Å². The van der Waals surface area contributed by atoms with Crippen LogP contribution in [0.1, 0.15) is 64.7 Å². The Labute approximate surface area is 215 Å². The summed E-state index contributed by atoms with van der Waals surface area (Å²) in [4.78, 5) is 0. The minimum absolute atomic E-state index is 0.0504. The van der Waals surface area contributed by atoms with Crippen molar-refractivity contribution in [2.24, 2.45) is 5.92 Å². The molecule has 2 aromatic carbocycles. The number of hydrogen-bond acceptors (Lipinski definition) is 3. The lowest BCUT2D eigenvalue weighted by molar-refractivity contribution is 0.133. The maximum Gasteiger partial charge on any atom is 0.191 e. The molecule has 0 amide bonds. The van der Waals surface area contributed by atoms with Gasteiger partial charge in [0.2, 0.25) is 0 Å². The molecule has 0 aromatic heterocycles. The molecule has 0 aliphatic heterocycles. The topological polar surface area (TPSA) is 38.7 Å². The van der Waals surface area contributed by atoms with Gasteiger partial charge >= 0.3 is 0 Å². The van der Waals surface area contributed by atoms with Gasteiger partial charge in [-0.05, 0) is 92.6 Å². The first kappa shape index (κ1) is 28.4. The lowest BCUT2D eigenvalue weighted by atomic mass is 9.89. The Morgan fingerprint density at radius 1 is 1.06 bits per heavy atom. The molecule has 3 nitrogen and oxygen atoms in total. The van der Waals surface area contributed by atoms with Crippen LogP contribution < -0.4 is 4.74 Å². The second kappa shape index (κ2) is 12.2. The molecule has 1 unspecified atom stereocenters. The number of aliphatic hydroxyl groups excluding tert-OH is 1. The first-order valence-corrected chi connectivity index (χ1v) is 15.9. The highest BCUT2D eigenvalue weighted by Gasteiger charge is 2.37. The molecule has 2 atom stereocenters. The first-order valence-electron chi connectivity index (χ1n) is 11.8. The highest BCUT2D eigenvalue weighted by Crippen LogP contribution is 2.37. The van der Waals surface area contributed by atoms with Crippen LogP contribution in [0.5, 0.6) is 5.75 Å². The maximum atomic E-state index is 11.1. The van der Waals surface area contributed by atoms with Crippen LogP contribution >= 0.6 is 27.5 Å². The van der Waals surface area contributed by atoms with E-state index in [4.69, 9.17) is 20.8 Å². The Bertz CT molecular complexity index is 878. The summed E-state index contributed by atoms with van der Waals surface area (Å²) in [6.45, 7) is 16.0. The third-order valence-corrected chi connectivity index (χ3v) is 11.9. The van der Waals surface area contributed by atoms with Crippen molar-refractivity contribution < 1.29 is 14.3 Å². The third-order valence-electron chi connectivity index (χ3n) is 6.49. The number of benzene rings is 2. The number of hydrogen-bond donors (Lipinski definition) is 1. The van der Waals surface area contributed by atoms with E-state index in [1.54, 1.807) is 0 Å². The molecule has 0 spiro atoms. The molecule has 0 saturated heterocycles. The Hall–Kier alpha value is -0.853. The molecule has 6 heteroatoms. The van der Waals surface area contributed by atoms with Gasteiger partial charge in [-0.3, -0.25) is 0 Å². The second-order valence-electron chi connectivity index (χ2n) is 10.7. The fourth-order valence-electron chi connectivity index (χ4n) is 3.48. The van der Waals surface area contributed by atoms with Gasteiger partial charge in [0.1, 0.15) is 5.75 Å². The molecule has 0 aliphatic rings. The van der Waals surface area contributed by atoms with E-state index in [-0.39, 0.29) is 17.1 Å². The Balaban J connectivity index is 2.11. The maximum absolute atomic E-state index is 11.1. The molecule has 0 fully saturated rings. The Morgan fingerprint density at radius 2 is 1.70 bits per heavy atom. The summed E-state index contributed by atoms with van der Waals surface area (Å²) < 4.78 is 13.3. The summed E-state index contributed by atoms with van der Waals surface area (Å²) in [5.74, 6) is 0.938. The highest BCUT2D eigenvalue weighted by atomic mass is 79.9. The van der Waals surface area contributed by atoms with E-state index in [1.165, 1.54) is 5.56 Å². The first-order chi connectivity index (χ1) is 15.3. The number of halogens is 2. The smallest absolute Gasteiger partial charge is 0.191 e. The standard InChI is InChI=1S/C27H40BrClO3Si/c1-19(2)32-26-13-10-22(18-24(26)29)25(30)17-21(16-20-8-11-23(28)12-9-20)14-15-31-33(6,7)27(3,4)5/h8-13,18-19,21,25,30H,14-17H2,1-7H3/t21-,25?/m1/s1. The Kier molecular flexibility index (Phi) is 10.5. The molecule has 184 valence electrons. The van der Waals surface area contributed by atoms with E-state index in [9.17, 15) is 5.11 Å². The average molecular weight is 556 g/mol. The van der Waals surface area contributed by atoms with Crippen LogP contribution in [0.15, 0.2) is 46.9 Å². The lowest BCUT2D eigenvalue weighted by Gasteiger charge is -2.36. The highest BCUT2D eigenvalue weighted by molar-refractivity contribution is 9.10. The average Bonchev–Trinajstić information content (AvgIpc) is 2.69. The zero-order valence-electron chi connectivity index (χ0n) is 21.1. The van der Waals surface area contributed by atoms with Crippen molar-refractivity contribution in [1.29, 1.82) is 0 Å². The van der Waals surface area contributed by atoms with Crippen molar-refractivity contribution in [3.8, 4) is 5.75 Å². The fourth-order valence-corrected chi connectivity index (χ4v) is 5.04. The van der Waals surface area contributed by atoms with E-state index in [1.807, 2.05) is 32.0 Å². The van der Waals surface area contributed by atoms with Crippen LogP contribution in [0.2, 0.25) is 23.2 Å². The van der Waals surface area contributed by atoms with Gasteiger partial charge in [0.15, 0.2) is 8.32 Å². The SMILES string of the molecule is CC(C)Oc1ccc(C(O)C[C@H](CCO[Si](C)(C)C(C)(C)C)Cc2ccc(Br)cc2)cc1Cl. The molecule has 33 heavy (non-hydrogen) atoms. The third kappa shape index (κ3) is 9.03. The van der Waals surface area contributed by atoms with Crippen molar-refractivity contribution in [2.45, 2.75) is 84.2 Å². The van der Waals surface area contributed by atoms with E-state index in [2.05, 4.69) is 74.1 Å². The predicted octanol–water partition coefficient (Wildman–Crippen LogP) is 8.58. The molecule has 0 bridgehead atoms. The van der Waals surface area contributed by atoms with Gasteiger partial charge in [0.05, 0.1) is 17.2 Å². The molecule has 2 rings (SSSR count).